The fourth-order valence-corrected chi connectivity index (χ4v) is 2.05. The molecular formula is C16H15ClO. The molecule has 0 N–H and O–H groups in total. The Balaban J connectivity index is 2.21. The van der Waals surface area contributed by atoms with Gasteiger partial charge in [0, 0.05) is 17.0 Å². The second-order valence-corrected chi connectivity index (χ2v) is 4.98. The van der Waals surface area contributed by atoms with E-state index < -0.39 is 0 Å². The third-order valence-electron chi connectivity index (χ3n) is 2.97. The Morgan fingerprint density at radius 1 is 1.06 bits per heavy atom. The van der Waals surface area contributed by atoms with Crippen LogP contribution in [0, 0.1) is 13.8 Å². The van der Waals surface area contributed by atoms with Crippen molar-refractivity contribution in [3.8, 4) is 0 Å². The van der Waals surface area contributed by atoms with Crippen LogP contribution in [-0.2, 0) is 6.42 Å². The Hall–Kier alpha value is -1.60. The van der Waals surface area contributed by atoms with Gasteiger partial charge in [0.2, 0.25) is 0 Å². The number of benzene rings is 2. The summed E-state index contributed by atoms with van der Waals surface area (Å²) in [4.78, 5) is 12.2. The van der Waals surface area contributed by atoms with Gasteiger partial charge in [-0.1, -0.05) is 41.4 Å². The van der Waals surface area contributed by atoms with E-state index in [1.807, 2.05) is 56.3 Å². The summed E-state index contributed by atoms with van der Waals surface area (Å²) >= 11 is 5.83. The summed E-state index contributed by atoms with van der Waals surface area (Å²) < 4.78 is 0. The van der Waals surface area contributed by atoms with Crippen molar-refractivity contribution in [2.75, 3.05) is 0 Å². The monoisotopic (exact) mass is 258 g/mol. The molecule has 0 unspecified atom stereocenters. The van der Waals surface area contributed by atoms with Crippen LogP contribution in [0.15, 0.2) is 42.5 Å². The van der Waals surface area contributed by atoms with Crippen molar-refractivity contribution in [2.45, 2.75) is 20.3 Å². The lowest BCUT2D eigenvalue weighted by molar-refractivity contribution is 0.0992. The van der Waals surface area contributed by atoms with Crippen LogP contribution >= 0.6 is 11.6 Å². The van der Waals surface area contributed by atoms with Crippen LogP contribution in [-0.4, -0.2) is 5.78 Å². The van der Waals surface area contributed by atoms with Crippen LogP contribution < -0.4 is 0 Å². The van der Waals surface area contributed by atoms with Gasteiger partial charge in [-0.25, -0.2) is 0 Å². The van der Waals surface area contributed by atoms with Gasteiger partial charge in [0.15, 0.2) is 5.78 Å². The molecular weight excluding hydrogens is 244 g/mol. The maximum Gasteiger partial charge on any atom is 0.167 e. The first-order valence-electron chi connectivity index (χ1n) is 5.91. The number of Topliss-reactive ketones (excluding diaryl/α,β-unsaturated/α-hetero) is 1. The van der Waals surface area contributed by atoms with Crippen molar-refractivity contribution in [2.24, 2.45) is 0 Å². The first kappa shape index (κ1) is 12.8. The van der Waals surface area contributed by atoms with E-state index in [1.165, 1.54) is 0 Å². The number of ketones is 1. The number of hydrogen-bond donors (Lipinski definition) is 0. The smallest absolute Gasteiger partial charge is 0.167 e. The Morgan fingerprint density at radius 2 is 1.72 bits per heavy atom. The highest BCUT2D eigenvalue weighted by atomic mass is 35.5. The van der Waals surface area contributed by atoms with Gasteiger partial charge < -0.3 is 0 Å². The highest BCUT2D eigenvalue weighted by Gasteiger charge is 2.10. The highest BCUT2D eigenvalue weighted by molar-refractivity contribution is 6.30. The number of aryl methyl sites for hydroxylation is 2. The maximum atomic E-state index is 12.2. The van der Waals surface area contributed by atoms with Gasteiger partial charge in [0.1, 0.15) is 0 Å². The second-order valence-electron chi connectivity index (χ2n) is 4.54. The number of hydrogen-bond acceptors (Lipinski definition) is 1. The van der Waals surface area contributed by atoms with Crippen molar-refractivity contribution in [3.63, 3.8) is 0 Å². The first-order valence-corrected chi connectivity index (χ1v) is 6.29. The molecule has 0 aliphatic heterocycles. The summed E-state index contributed by atoms with van der Waals surface area (Å²) in [6.45, 7) is 3.97. The van der Waals surface area contributed by atoms with E-state index in [9.17, 15) is 4.79 Å². The molecule has 2 rings (SSSR count). The summed E-state index contributed by atoms with van der Waals surface area (Å²) in [5, 5.41) is 0.693. The fraction of sp³-hybridized carbons (Fsp3) is 0.188. The predicted octanol–water partition coefficient (Wildman–Crippen LogP) is 4.38. The molecule has 0 saturated carbocycles. The molecule has 0 aliphatic carbocycles. The van der Waals surface area contributed by atoms with Gasteiger partial charge in [0.05, 0.1) is 0 Å². The van der Waals surface area contributed by atoms with Gasteiger partial charge in [-0.15, -0.1) is 0 Å². The minimum Gasteiger partial charge on any atom is -0.294 e. The van der Waals surface area contributed by atoms with E-state index in [-0.39, 0.29) is 5.78 Å². The molecule has 2 aromatic rings. The van der Waals surface area contributed by atoms with Crippen LogP contribution in [0.1, 0.15) is 27.0 Å². The van der Waals surface area contributed by atoms with Crippen LogP contribution in [0.5, 0.6) is 0 Å². The zero-order chi connectivity index (χ0) is 13.1. The molecule has 0 radical (unpaired) electrons. The van der Waals surface area contributed by atoms with E-state index in [2.05, 4.69) is 0 Å². The molecule has 18 heavy (non-hydrogen) atoms. The van der Waals surface area contributed by atoms with Crippen molar-refractivity contribution >= 4 is 17.4 Å². The van der Waals surface area contributed by atoms with Gasteiger partial charge in [-0.3, -0.25) is 4.79 Å². The summed E-state index contributed by atoms with van der Waals surface area (Å²) in [6.07, 6.45) is 0.418. The molecule has 0 atom stereocenters. The number of rotatable bonds is 3. The van der Waals surface area contributed by atoms with Gasteiger partial charge >= 0.3 is 0 Å². The average Bonchev–Trinajstić information content (AvgIpc) is 2.35. The Labute approximate surface area is 112 Å². The van der Waals surface area contributed by atoms with Crippen LogP contribution in [0.25, 0.3) is 0 Å². The zero-order valence-electron chi connectivity index (χ0n) is 10.5. The molecule has 0 fully saturated rings. The Kier molecular flexibility index (Phi) is 3.83. The normalized spacial score (nSPS) is 10.4. The molecule has 0 amide bonds. The molecule has 0 aliphatic rings. The minimum atomic E-state index is 0.151. The number of carbonyl (C=O) groups excluding carboxylic acids is 1. The molecule has 2 heteroatoms. The lowest BCUT2D eigenvalue weighted by atomic mass is 9.97. The summed E-state index contributed by atoms with van der Waals surface area (Å²) in [5.41, 5.74) is 3.94. The van der Waals surface area contributed by atoms with Crippen molar-refractivity contribution in [1.29, 1.82) is 0 Å². The summed E-state index contributed by atoms with van der Waals surface area (Å²) in [6, 6.07) is 13.4. The predicted molar refractivity (Wildman–Crippen MR) is 75.4 cm³/mol. The molecule has 0 heterocycles. The molecule has 92 valence electrons. The highest BCUT2D eigenvalue weighted by Crippen LogP contribution is 2.15. The number of carbonyl (C=O) groups is 1. The van der Waals surface area contributed by atoms with Gasteiger partial charge in [0.25, 0.3) is 0 Å². The average molecular weight is 259 g/mol. The van der Waals surface area contributed by atoms with Crippen LogP contribution in [0.4, 0.5) is 0 Å². The van der Waals surface area contributed by atoms with E-state index in [0.717, 1.165) is 22.3 Å². The quantitative estimate of drug-likeness (QED) is 0.747. The Morgan fingerprint density at radius 3 is 2.39 bits per heavy atom. The van der Waals surface area contributed by atoms with Crippen molar-refractivity contribution in [1.82, 2.24) is 0 Å². The van der Waals surface area contributed by atoms with Crippen molar-refractivity contribution in [3.05, 3.63) is 69.7 Å². The largest absolute Gasteiger partial charge is 0.294 e. The molecule has 0 aromatic heterocycles. The van der Waals surface area contributed by atoms with Gasteiger partial charge in [-0.05, 0) is 43.2 Å². The fourth-order valence-electron chi connectivity index (χ4n) is 1.92. The van der Waals surface area contributed by atoms with E-state index in [0.29, 0.717) is 11.4 Å². The first-order chi connectivity index (χ1) is 8.56. The molecule has 1 nitrogen and oxygen atoms in total. The zero-order valence-corrected chi connectivity index (χ0v) is 11.3. The van der Waals surface area contributed by atoms with Crippen LogP contribution in [0.2, 0.25) is 5.02 Å². The second kappa shape index (κ2) is 5.36. The van der Waals surface area contributed by atoms with E-state index in [1.54, 1.807) is 0 Å². The topological polar surface area (TPSA) is 17.1 Å². The lowest BCUT2D eigenvalue weighted by Crippen LogP contribution is -2.06. The maximum absolute atomic E-state index is 12.2. The molecule has 0 spiro atoms. The van der Waals surface area contributed by atoms with Gasteiger partial charge in [-0.2, -0.15) is 0 Å². The lowest BCUT2D eigenvalue weighted by Gasteiger charge is -2.06. The Bertz CT molecular complexity index is 570. The van der Waals surface area contributed by atoms with Crippen molar-refractivity contribution < 1.29 is 4.79 Å². The van der Waals surface area contributed by atoms with E-state index in [4.69, 9.17) is 11.6 Å². The SMILES string of the molecule is Cc1ccc(C)c(C(=O)Cc2ccc(Cl)cc2)c1. The van der Waals surface area contributed by atoms with Crippen LogP contribution in [0.3, 0.4) is 0 Å². The third-order valence-corrected chi connectivity index (χ3v) is 3.22. The molecule has 0 bridgehead atoms. The van der Waals surface area contributed by atoms with E-state index >= 15 is 0 Å². The summed E-state index contributed by atoms with van der Waals surface area (Å²) in [7, 11) is 0. The standard InChI is InChI=1S/C16H15ClO/c1-11-3-4-12(2)15(9-11)16(18)10-13-5-7-14(17)8-6-13/h3-9H,10H2,1-2H3. The minimum absolute atomic E-state index is 0.151. The summed E-state index contributed by atoms with van der Waals surface area (Å²) in [5.74, 6) is 0.151. The third kappa shape index (κ3) is 2.99. The molecule has 2 aromatic carbocycles. The molecule has 0 saturated heterocycles. The number of halogens is 1.